The van der Waals surface area contributed by atoms with Gasteiger partial charge in [0.15, 0.2) is 0 Å². The number of nitrogens with zero attached hydrogens (tertiary/aromatic N) is 3. The molecule has 0 aliphatic carbocycles. The van der Waals surface area contributed by atoms with E-state index in [4.69, 9.17) is 4.74 Å². The van der Waals surface area contributed by atoms with Crippen molar-refractivity contribution in [1.29, 1.82) is 5.26 Å². The number of sulfonamides is 1. The standard InChI is InChI=1S/C16H22N4O5S/c1-10-13(16(21)24-4)5-11(6-17)15(18-10)19-14-8-25-7-12(14)9-26(22,23)20(2)3/h5,12,14H,7-9H2,1-4H3,(H,18,19)/t12-,14+/m0/s1. The Morgan fingerprint density at radius 2 is 2.19 bits per heavy atom. The van der Waals surface area contributed by atoms with Crippen LogP contribution >= 0.6 is 0 Å². The van der Waals surface area contributed by atoms with Gasteiger partial charge in [-0.15, -0.1) is 0 Å². The number of nitrogens with one attached hydrogen (secondary N) is 1. The summed E-state index contributed by atoms with van der Waals surface area (Å²) in [6, 6.07) is 3.10. The topological polar surface area (TPSA) is 122 Å². The Labute approximate surface area is 153 Å². The lowest BCUT2D eigenvalue weighted by atomic mass is 10.1. The number of esters is 1. The fraction of sp³-hybridized carbons (Fsp3) is 0.562. The van der Waals surface area contributed by atoms with E-state index in [-0.39, 0.29) is 28.8 Å². The zero-order valence-electron chi connectivity index (χ0n) is 15.1. The highest BCUT2D eigenvalue weighted by atomic mass is 32.2. The Morgan fingerprint density at radius 1 is 1.50 bits per heavy atom. The number of ether oxygens (including phenoxy) is 2. The number of aromatic nitrogens is 1. The number of nitriles is 1. The van der Waals surface area contributed by atoms with E-state index in [0.29, 0.717) is 24.7 Å². The average molecular weight is 382 g/mol. The maximum Gasteiger partial charge on any atom is 0.339 e. The molecule has 0 spiro atoms. The number of hydrogen-bond donors (Lipinski definition) is 1. The number of hydrogen-bond acceptors (Lipinski definition) is 8. The van der Waals surface area contributed by atoms with Crippen molar-refractivity contribution in [3.63, 3.8) is 0 Å². The summed E-state index contributed by atoms with van der Waals surface area (Å²) >= 11 is 0. The van der Waals surface area contributed by atoms with Crippen molar-refractivity contribution in [1.82, 2.24) is 9.29 Å². The lowest BCUT2D eigenvalue weighted by Gasteiger charge is -2.22. The minimum atomic E-state index is -3.39. The van der Waals surface area contributed by atoms with Crippen LogP contribution < -0.4 is 5.32 Å². The Morgan fingerprint density at radius 3 is 2.77 bits per heavy atom. The summed E-state index contributed by atoms with van der Waals surface area (Å²) in [6.07, 6.45) is 0. The van der Waals surface area contributed by atoms with Gasteiger partial charge < -0.3 is 14.8 Å². The first-order chi connectivity index (χ1) is 12.2. The normalized spacial score (nSPS) is 20.0. The van der Waals surface area contributed by atoms with Gasteiger partial charge in [0.2, 0.25) is 10.0 Å². The maximum atomic E-state index is 12.1. The third-order valence-corrected chi connectivity index (χ3v) is 6.20. The Kier molecular flexibility index (Phi) is 6.17. The summed E-state index contributed by atoms with van der Waals surface area (Å²) in [6.45, 7) is 2.24. The molecule has 1 saturated heterocycles. The molecule has 9 nitrogen and oxygen atoms in total. The molecule has 0 unspecified atom stereocenters. The van der Waals surface area contributed by atoms with Crippen LogP contribution in [0.1, 0.15) is 21.6 Å². The van der Waals surface area contributed by atoms with Gasteiger partial charge in [0.1, 0.15) is 11.9 Å². The number of rotatable bonds is 6. The number of carbonyl (C=O) groups excluding carboxylic acids is 1. The number of carbonyl (C=O) groups is 1. The van der Waals surface area contributed by atoms with Crippen LogP contribution in [-0.2, 0) is 19.5 Å². The van der Waals surface area contributed by atoms with E-state index >= 15 is 0 Å². The number of pyridine rings is 1. The van der Waals surface area contributed by atoms with Crippen LogP contribution in [0.25, 0.3) is 0 Å². The molecule has 1 aliphatic rings. The van der Waals surface area contributed by atoms with Crippen LogP contribution in [0.15, 0.2) is 6.07 Å². The summed E-state index contributed by atoms with van der Waals surface area (Å²) in [7, 11) is 0.838. The molecule has 2 atom stereocenters. The highest BCUT2D eigenvalue weighted by Gasteiger charge is 2.34. The van der Waals surface area contributed by atoms with Gasteiger partial charge in [-0.3, -0.25) is 0 Å². The average Bonchev–Trinajstić information content (AvgIpc) is 3.00. The highest BCUT2D eigenvalue weighted by Crippen LogP contribution is 2.24. The van der Waals surface area contributed by atoms with Gasteiger partial charge in [-0.05, 0) is 13.0 Å². The van der Waals surface area contributed by atoms with E-state index in [9.17, 15) is 18.5 Å². The SMILES string of the molecule is COC(=O)c1cc(C#N)c(N[C@@H]2COC[C@H]2CS(=O)(=O)N(C)C)nc1C. The van der Waals surface area contributed by atoms with Crippen LogP contribution in [0.4, 0.5) is 5.82 Å². The van der Waals surface area contributed by atoms with Gasteiger partial charge in [0.05, 0.1) is 48.9 Å². The smallest absolute Gasteiger partial charge is 0.339 e. The third kappa shape index (κ3) is 4.30. The first kappa shape index (κ1) is 20.1. The van der Waals surface area contributed by atoms with Crippen LogP contribution in [0, 0.1) is 24.2 Å². The molecule has 0 radical (unpaired) electrons. The largest absolute Gasteiger partial charge is 0.465 e. The molecule has 1 aromatic heterocycles. The van der Waals surface area contributed by atoms with Gasteiger partial charge in [-0.25, -0.2) is 22.5 Å². The minimum absolute atomic E-state index is 0.0707. The van der Waals surface area contributed by atoms with Crippen molar-refractivity contribution < 1.29 is 22.7 Å². The Hall–Kier alpha value is -2.22. The lowest BCUT2D eigenvalue weighted by molar-refractivity contribution is 0.0599. The Bertz CT molecular complexity index is 832. The number of anilines is 1. The van der Waals surface area contributed by atoms with E-state index in [1.165, 1.54) is 31.6 Å². The predicted octanol–water partition coefficient (Wildman–Crippen LogP) is 0.367. The van der Waals surface area contributed by atoms with Gasteiger partial charge >= 0.3 is 5.97 Å². The summed E-state index contributed by atoms with van der Waals surface area (Å²) < 4.78 is 35.6. The van der Waals surface area contributed by atoms with Crippen molar-refractivity contribution in [3.8, 4) is 6.07 Å². The van der Waals surface area contributed by atoms with Crippen molar-refractivity contribution in [3.05, 3.63) is 22.9 Å². The monoisotopic (exact) mass is 382 g/mol. The van der Waals surface area contributed by atoms with Crippen molar-refractivity contribution in [2.24, 2.45) is 5.92 Å². The van der Waals surface area contributed by atoms with E-state index in [1.807, 2.05) is 6.07 Å². The minimum Gasteiger partial charge on any atom is -0.465 e. The second-order valence-corrected chi connectivity index (χ2v) is 8.46. The highest BCUT2D eigenvalue weighted by molar-refractivity contribution is 7.89. The first-order valence-corrected chi connectivity index (χ1v) is 9.55. The molecule has 2 rings (SSSR count). The van der Waals surface area contributed by atoms with Crippen molar-refractivity contribution >= 4 is 21.8 Å². The molecule has 0 amide bonds. The molecule has 26 heavy (non-hydrogen) atoms. The van der Waals surface area contributed by atoms with Gasteiger partial charge in [0.25, 0.3) is 0 Å². The fourth-order valence-electron chi connectivity index (χ4n) is 2.63. The molecule has 0 saturated carbocycles. The summed E-state index contributed by atoms with van der Waals surface area (Å²) in [5, 5.41) is 12.5. The quantitative estimate of drug-likeness (QED) is 0.700. The zero-order valence-corrected chi connectivity index (χ0v) is 16.0. The van der Waals surface area contributed by atoms with Crippen LogP contribution in [0.2, 0.25) is 0 Å². The van der Waals surface area contributed by atoms with Gasteiger partial charge in [-0.2, -0.15) is 5.26 Å². The second-order valence-electron chi connectivity index (χ2n) is 6.23. The van der Waals surface area contributed by atoms with E-state index < -0.39 is 16.0 Å². The van der Waals surface area contributed by atoms with Crippen molar-refractivity contribution in [2.75, 3.05) is 45.5 Å². The van der Waals surface area contributed by atoms with Gasteiger partial charge in [0, 0.05) is 20.0 Å². The second kappa shape index (κ2) is 7.99. The predicted molar refractivity (Wildman–Crippen MR) is 94.2 cm³/mol. The molecule has 142 valence electrons. The van der Waals surface area contributed by atoms with Crippen LogP contribution in [0.3, 0.4) is 0 Å². The molecule has 0 bridgehead atoms. The number of aryl methyl sites for hydroxylation is 1. The van der Waals surface area contributed by atoms with E-state index in [0.717, 1.165) is 0 Å². The van der Waals surface area contributed by atoms with Crippen molar-refractivity contribution in [2.45, 2.75) is 13.0 Å². The van der Waals surface area contributed by atoms with Gasteiger partial charge in [-0.1, -0.05) is 0 Å². The zero-order chi connectivity index (χ0) is 19.5. The Balaban J connectivity index is 2.26. The maximum absolute atomic E-state index is 12.1. The summed E-state index contributed by atoms with van der Waals surface area (Å²) in [5.74, 6) is -0.632. The van der Waals surface area contributed by atoms with E-state index in [1.54, 1.807) is 6.92 Å². The third-order valence-electron chi connectivity index (χ3n) is 4.24. The molecular formula is C16H22N4O5S. The molecule has 1 N–H and O–H groups in total. The fourth-order valence-corrected chi connectivity index (χ4v) is 3.80. The molecule has 10 heteroatoms. The first-order valence-electron chi connectivity index (χ1n) is 7.94. The van der Waals surface area contributed by atoms with E-state index in [2.05, 4.69) is 15.0 Å². The molecule has 1 aliphatic heterocycles. The summed E-state index contributed by atoms with van der Waals surface area (Å²) in [4.78, 5) is 16.0. The molecular weight excluding hydrogens is 360 g/mol. The summed E-state index contributed by atoms with van der Waals surface area (Å²) in [5.41, 5.74) is 0.802. The van der Waals surface area contributed by atoms with Crippen LogP contribution in [0.5, 0.6) is 0 Å². The molecule has 1 aromatic rings. The molecule has 1 fully saturated rings. The molecule has 2 heterocycles. The van der Waals surface area contributed by atoms with Crippen LogP contribution in [-0.4, -0.2) is 69.9 Å². The number of methoxy groups -OCH3 is 1. The molecule has 0 aromatic carbocycles. The lowest BCUT2D eigenvalue weighted by Crippen LogP contribution is -2.37.